The summed E-state index contributed by atoms with van der Waals surface area (Å²) in [5.74, 6) is -2.54. The summed E-state index contributed by atoms with van der Waals surface area (Å²) in [6.45, 7) is 0. The second-order valence-electron chi connectivity index (χ2n) is 8.12. The van der Waals surface area contributed by atoms with Gasteiger partial charge in [0.05, 0.1) is 51.2 Å². The van der Waals surface area contributed by atoms with E-state index in [1.165, 1.54) is 44.7 Å². The monoisotopic (exact) mass is 586 g/mol. The van der Waals surface area contributed by atoms with Crippen molar-refractivity contribution in [1.82, 2.24) is 9.97 Å². The molecule has 1 N–H and O–H groups in total. The van der Waals surface area contributed by atoms with E-state index in [4.69, 9.17) is 32.7 Å². The zero-order valence-electron chi connectivity index (χ0n) is 20.0. The van der Waals surface area contributed by atoms with Gasteiger partial charge < -0.3 is 14.6 Å². The summed E-state index contributed by atoms with van der Waals surface area (Å²) in [5, 5.41) is 22.8. The van der Waals surface area contributed by atoms with Crippen LogP contribution >= 0.6 is 34.5 Å². The minimum absolute atomic E-state index is 0.0289. The summed E-state index contributed by atoms with van der Waals surface area (Å²) in [6.07, 6.45) is 1.47. The molecule has 11 nitrogen and oxygen atoms in total. The fourth-order valence-corrected chi connectivity index (χ4v) is 5.97. The van der Waals surface area contributed by atoms with Crippen molar-refractivity contribution in [2.45, 2.75) is 6.04 Å². The number of carbonyl (C=O) groups excluding carboxylic acids is 2. The van der Waals surface area contributed by atoms with E-state index >= 15 is 0 Å². The molecule has 0 radical (unpaired) electrons. The van der Waals surface area contributed by atoms with E-state index in [-0.39, 0.29) is 49.2 Å². The number of amides is 1. The minimum atomic E-state index is -1.20. The number of aromatic nitrogens is 2. The normalized spacial score (nSPS) is 16.6. The maximum Gasteiger partial charge on any atom is 0.301 e. The maximum absolute atomic E-state index is 13.5. The molecule has 4 aromatic rings. The topological polar surface area (TPSA) is 145 Å². The molecule has 198 valence electrons. The number of methoxy groups -OCH3 is 2. The van der Waals surface area contributed by atoms with Crippen LogP contribution in [0.4, 0.5) is 10.8 Å². The van der Waals surface area contributed by atoms with E-state index in [2.05, 4.69) is 9.97 Å². The van der Waals surface area contributed by atoms with Crippen molar-refractivity contribution in [2.75, 3.05) is 19.1 Å². The predicted octanol–water partition coefficient (Wildman–Crippen LogP) is 5.55. The third kappa shape index (κ3) is 4.32. The van der Waals surface area contributed by atoms with Crippen molar-refractivity contribution in [3.8, 4) is 11.5 Å². The number of benzene rings is 2. The zero-order valence-corrected chi connectivity index (χ0v) is 22.4. The number of aliphatic hydroxyl groups excluding tert-OH is 1. The van der Waals surface area contributed by atoms with Crippen LogP contribution in [-0.2, 0) is 9.59 Å². The summed E-state index contributed by atoms with van der Waals surface area (Å²) in [7, 11) is 2.66. The number of aliphatic hydroxyl groups is 1. The number of pyridine rings is 1. The number of nitro groups is 1. The molecule has 2 aromatic heterocycles. The first-order chi connectivity index (χ1) is 18.7. The van der Waals surface area contributed by atoms with Gasteiger partial charge in [0.1, 0.15) is 16.8 Å². The Morgan fingerprint density at radius 1 is 1.13 bits per heavy atom. The molecule has 1 amide bonds. The Morgan fingerprint density at radius 3 is 2.51 bits per heavy atom. The number of Topliss-reactive ketones (excluding diaryl/α,β-unsaturated/α-hetero) is 1. The number of anilines is 1. The van der Waals surface area contributed by atoms with Crippen LogP contribution in [0.5, 0.6) is 11.5 Å². The number of thiazole rings is 1. The van der Waals surface area contributed by atoms with Gasteiger partial charge in [0, 0.05) is 18.3 Å². The van der Waals surface area contributed by atoms with Gasteiger partial charge in [-0.15, -0.1) is 0 Å². The van der Waals surface area contributed by atoms with Crippen LogP contribution in [0.2, 0.25) is 10.0 Å². The van der Waals surface area contributed by atoms with Crippen molar-refractivity contribution in [1.29, 1.82) is 0 Å². The van der Waals surface area contributed by atoms with Gasteiger partial charge in [0.2, 0.25) is 0 Å². The summed E-state index contributed by atoms with van der Waals surface area (Å²) in [4.78, 5) is 47.4. The van der Waals surface area contributed by atoms with Crippen LogP contribution < -0.4 is 14.4 Å². The molecule has 2 aromatic carbocycles. The first-order valence-electron chi connectivity index (χ1n) is 11.0. The first kappa shape index (κ1) is 26.4. The van der Waals surface area contributed by atoms with Gasteiger partial charge in [-0.25, -0.2) is 4.98 Å². The van der Waals surface area contributed by atoms with E-state index in [1.807, 2.05) is 0 Å². The highest BCUT2D eigenvalue weighted by atomic mass is 35.5. The molecule has 1 saturated heterocycles. The number of rotatable bonds is 6. The minimum Gasteiger partial charge on any atom is -0.507 e. The Labute approximate surface area is 234 Å². The molecular weight excluding hydrogens is 571 g/mol. The number of nitro benzene ring substituents is 1. The van der Waals surface area contributed by atoms with Crippen molar-refractivity contribution < 1.29 is 29.1 Å². The highest BCUT2D eigenvalue weighted by Gasteiger charge is 2.49. The summed E-state index contributed by atoms with van der Waals surface area (Å²) in [6, 6.07) is 9.07. The lowest BCUT2D eigenvalue weighted by atomic mass is 9.98. The van der Waals surface area contributed by atoms with Crippen LogP contribution in [-0.4, -0.2) is 45.9 Å². The van der Waals surface area contributed by atoms with Gasteiger partial charge in [-0.2, -0.15) is 0 Å². The lowest BCUT2D eigenvalue weighted by molar-refractivity contribution is -0.384. The standard InChI is InChI=1S/C25H16Cl2N4O7S/c1-37-22-12(10-13(26)23(38-2)18(22)27)20(32)17-19(15-5-3-4-8-28-15)30(24(34)21(17)33)25-29-14-7-6-11(31(35)36)9-16(14)39-25/h3-10,19,32H,1-2H3/b20-17+. The largest absolute Gasteiger partial charge is 0.507 e. The average molecular weight is 587 g/mol. The van der Waals surface area contributed by atoms with E-state index in [0.717, 1.165) is 16.2 Å². The summed E-state index contributed by atoms with van der Waals surface area (Å²) in [5.41, 5.74) is 0.138. The quantitative estimate of drug-likeness (QED) is 0.101. The second kappa shape index (κ2) is 10.1. The fraction of sp³-hybridized carbons (Fsp3) is 0.120. The Kier molecular flexibility index (Phi) is 6.85. The number of ketones is 1. The highest BCUT2D eigenvalue weighted by Crippen LogP contribution is 2.48. The molecule has 0 saturated carbocycles. The SMILES string of the molecule is COc1c(Cl)cc(/C(O)=C2\C(=O)C(=O)N(c3nc4ccc([N+](=O)[O-])cc4s3)C2c2ccccn2)c(OC)c1Cl. The van der Waals surface area contributed by atoms with Gasteiger partial charge in [-0.3, -0.25) is 29.6 Å². The van der Waals surface area contributed by atoms with Gasteiger partial charge in [-0.05, 0) is 24.3 Å². The molecule has 1 aliphatic rings. The average Bonchev–Trinajstić information content (AvgIpc) is 3.46. The number of hydrogen-bond donors (Lipinski definition) is 1. The van der Waals surface area contributed by atoms with Crippen LogP contribution in [0.1, 0.15) is 17.3 Å². The van der Waals surface area contributed by atoms with E-state index in [0.29, 0.717) is 10.2 Å². The molecule has 14 heteroatoms. The Bertz CT molecular complexity index is 1710. The van der Waals surface area contributed by atoms with Gasteiger partial charge >= 0.3 is 5.91 Å². The molecule has 39 heavy (non-hydrogen) atoms. The third-order valence-electron chi connectivity index (χ3n) is 5.98. The predicted molar refractivity (Wildman–Crippen MR) is 145 cm³/mol. The number of ether oxygens (including phenoxy) is 2. The molecule has 0 spiro atoms. The zero-order chi connectivity index (χ0) is 28.0. The Hall–Kier alpha value is -4.26. The number of non-ortho nitro benzene ring substituents is 1. The van der Waals surface area contributed by atoms with Crippen LogP contribution in [0, 0.1) is 10.1 Å². The van der Waals surface area contributed by atoms with E-state index in [1.54, 1.807) is 18.2 Å². The van der Waals surface area contributed by atoms with Gasteiger partial charge in [0.15, 0.2) is 16.6 Å². The molecule has 0 aliphatic carbocycles. The van der Waals surface area contributed by atoms with E-state index in [9.17, 15) is 24.8 Å². The number of hydrogen-bond acceptors (Lipinski definition) is 10. The number of carbonyl (C=O) groups is 2. The number of nitrogens with zero attached hydrogens (tertiary/aromatic N) is 4. The molecule has 3 heterocycles. The maximum atomic E-state index is 13.5. The van der Waals surface area contributed by atoms with Crippen molar-refractivity contribution in [2.24, 2.45) is 0 Å². The van der Waals surface area contributed by atoms with Crippen molar-refractivity contribution in [3.63, 3.8) is 0 Å². The first-order valence-corrected chi connectivity index (χ1v) is 12.6. The smallest absolute Gasteiger partial charge is 0.301 e. The lowest BCUT2D eigenvalue weighted by Gasteiger charge is -2.22. The fourth-order valence-electron chi connectivity index (χ4n) is 4.26. The van der Waals surface area contributed by atoms with Gasteiger partial charge in [-0.1, -0.05) is 40.6 Å². The Morgan fingerprint density at radius 2 is 1.87 bits per heavy atom. The molecule has 1 aliphatic heterocycles. The van der Waals surface area contributed by atoms with Crippen LogP contribution in [0.3, 0.4) is 0 Å². The van der Waals surface area contributed by atoms with Crippen molar-refractivity contribution >= 4 is 73.0 Å². The number of fused-ring (bicyclic) bond motifs is 1. The summed E-state index contributed by atoms with van der Waals surface area (Å²) >= 11 is 13.7. The van der Waals surface area contributed by atoms with E-state index < -0.39 is 28.4 Å². The van der Waals surface area contributed by atoms with Gasteiger partial charge in [0.25, 0.3) is 11.5 Å². The third-order valence-corrected chi connectivity index (χ3v) is 7.63. The van der Waals surface area contributed by atoms with Crippen molar-refractivity contribution in [3.05, 3.63) is 85.7 Å². The molecule has 0 bridgehead atoms. The Balaban J connectivity index is 1.75. The lowest BCUT2D eigenvalue weighted by Crippen LogP contribution is -2.29. The van der Waals surface area contributed by atoms with Crippen LogP contribution in [0.15, 0.2) is 54.2 Å². The second-order valence-corrected chi connectivity index (χ2v) is 9.91. The molecular formula is C25H16Cl2N4O7S. The van der Waals surface area contributed by atoms with Crippen LogP contribution in [0.25, 0.3) is 16.0 Å². The molecule has 1 atom stereocenters. The highest BCUT2D eigenvalue weighted by molar-refractivity contribution is 7.22. The molecule has 1 unspecified atom stereocenters. The molecule has 5 rings (SSSR count). The number of halogens is 2. The molecule has 1 fully saturated rings. The summed E-state index contributed by atoms with van der Waals surface area (Å²) < 4.78 is 11.0.